The van der Waals surface area contributed by atoms with Crippen molar-refractivity contribution in [3.05, 3.63) is 76.2 Å². The summed E-state index contributed by atoms with van der Waals surface area (Å²) >= 11 is 0. The number of nitrogens with zero attached hydrogens (tertiary/aromatic N) is 5. The van der Waals surface area contributed by atoms with Crippen LogP contribution in [-0.4, -0.2) is 69.6 Å². The van der Waals surface area contributed by atoms with Crippen molar-refractivity contribution >= 4 is 22.9 Å². The predicted octanol–water partition coefficient (Wildman–Crippen LogP) is 4.19. The van der Waals surface area contributed by atoms with Crippen LogP contribution in [0.3, 0.4) is 0 Å². The van der Waals surface area contributed by atoms with E-state index in [0.29, 0.717) is 24.7 Å². The predicted molar refractivity (Wildman–Crippen MR) is 157 cm³/mol. The molecule has 0 unspecified atom stereocenters. The van der Waals surface area contributed by atoms with Crippen molar-refractivity contribution in [3.8, 4) is 0 Å². The first-order valence-electron chi connectivity index (χ1n) is 14.2. The third-order valence-corrected chi connectivity index (χ3v) is 8.50. The highest BCUT2D eigenvalue weighted by molar-refractivity contribution is 5.87. The molecule has 1 atom stereocenters. The molecule has 1 amide bonds. The maximum Gasteiger partial charge on any atom is 0.252 e. The molecule has 2 aromatic heterocycles. The van der Waals surface area contributed by atoms with Crippen molar-refractivity contribution in [1.29, 1.82) is 0 Å². The third kappa shape index (κ3) is 5.28. The summed E-state index contributed by atoms with van der Waals surface area (Å²) in [5.41, 5.74) is 3.79. The number of ether oxygens (including phenoxy) is 1. The van der Waals surface area contributed by atoms with E-state index in [0.717, 1.165) is 55.7 Å². The highest BCUT2D eigenvalue weighted by atomic mass is 16.5. The zero-order valence-electron chi connectivity index (χ0n) is 24.0. The molecule has 2 aliphatic heterocycles. The molecule has 1 N–H and O–H groups in total. The van der Waals surface area contributed by atoms with Gasteiger partial charge in [0.1, 0.15) is 5.65 Å². The van der Waals surface area contributed by atoms with Gasteiger partial charge in [0.25, 0.3) is 5.56 Å². The minimum Gasteiger partial charge on any atom is -0.381 e. The van der Waals surface area contributed by atoms with E-state index in [9.17, 15) is 9.59 Å². The minimum absolute atomic E-state index is 0.00420. The van der Waals surface area contributed by atoms with Crippen molar-refractivity contribution in [2.45, 2.75) is 58.2 Å². The van der Waals surface area contributed by atoms with Crippen LogP contribution in [0, 0.1) is 6.92 Å². The summed E-state index contributed by atoms with van der Waals surface area (Å²) in [4.78, 5) is 38.5. The number of anilines is 1. The standard InChI is InChI=1S/C31H40N6O3/c1-6-27(38)35-13-15-36(16-14-35)31(11-17-40-18-12-31)25-9-7-24(8-10-25)23(5)33-30-32-20-26-22(4)19-28(39)37(21(2)3)29(26)34-30/h6-10,19-21,23H,1,11-18H2,2-5H3,(H,32,33,34)/t23-/m0/s1. The Labute approximate surface area is 235 Å². The van der Waals surface area contributed by atoms with Crippen molar-refractivity contribution in [2.75, 3.05) is 44.7 Å². The molecule has 212 valence electrons. The quantitative estimate of drug-likeness (QED) is 0.446. The molecule has 1 aromatic carbocycles. The Hall–Kier alpha value is -3.56. The number of nitrogens with one attached hydrogen (secondary N) is 1. The summed E-state index contributed by atoms with van der Waals surface area (Å²) in [6, 6.07) is 10.4. The van der Waals surface area contributed by atoms with Crippen molar-refractivity contribution < 1.29 is 9.53 Å². The Morgan fingerprint density at radius 1 is 1.10 bits per heavy atom. The van der Waals surface area contributed by atoms with Gasteiger partial charge in [0.15, 0.2) is 0 Å². The molecule has 2 saturated heterocycles. The molecule has 0 radical (unpaired) electrons. The topological polar surface area (TPSA) is 92.6 Å². The fourth-order valence-electron chi connectivity index (χ4n) is 6.18. The van der Waals surface area contributed by atoms with Gasteiger partial charge in [-0.05, 0) is 63.3 Å². The van der Waals surface area contributed by atoms with E-state index < -0.39 is 0 Å². The second-order valence-corrected chi connectivity index (χ2v) is 11.2. The van der Waals surface area contributed by atoms with Crippen LogP contribution in [0.25, 0.3) is 11.0 Å². The average Bonchev–Trinajstić information content (AvgIpc) is 2.97. The summed E-state index contributed by atoms with van der Waals surface area (Å²) < 4.78 is 7.48. The number of hydrogen-bond acceptors (Lipinski definition) is 7. The maximum absolute atomic E-state index is 12.7. The van der Waals surface area contributed by atoms with E-state index in [2.05, 4.69) is 53.0 Å². The van der Waals surface area contributed by atoms with Crippen LogP contribution in [0.4, 0.5) is 5.95 Å². The minimum atomic E-state index is -0.101. The molecule has 40 heavy (non-hydrogen) atoms. The van der Waals surface area contributed by atoms with Crippen LogP contribution in [-0.2, 0) is 15.1 Å². The molecular formula is C31H40N6O3. The molecular weight excluding hydrogens is 504 g/mol. The first kappa shape index (κ1) is 28.0. The van der Waals surface area contributed by atoms with Crippen LogP contribution >= 0.6 is 0 Å². The lowest BCUT2D eigenvalue weighted by Crippen LogP contribution is -2.58. The van der Waals surface area contributed by atoms with Gasteiger partial charge in [-0.1, -0.05) is 30.8 Å². The largest absolute Gasteiger partial charge is 0.381 e. The number of carbonyl (C=O) groups is 1. The maximum atomic E-state index is 12.7. The number of benzene rings is 1. The lowest BCUT2D eigenvalue weighted by molar-refractivity contribution is -0.130. The Morgan fingerprint density at radius 2 is 1.77 bits per heavy atom. The van der Waals surface area contributed by atoms with Crippen LogP contribution in [0.15, 0.2) is 54.0 Å². The van der Waals surface area contributed by atoms with E-state index in [4.69, 9.17) is 9.72 Å². The van der Waals surface area contributed by atoms with E-state index in [1.54, 1.807) is 16.8 Å². The number of pyridine rings is 1. The van der Waals surface area contributed by atoms with Crippen molar-refractivity contribution in [2.24, 2.45) is 0 Å². The Kier molecular flexibility index (Phi) is 8.05. The van der Waals surface area contributed by atoms with Gasteiger partial charge >= 0.3 is 0 Å². The second kappa shape index (κ2) is 11.5. The molecule has 0 bridgehead atoms. The molecule has 2 aliphatic rings. The number of hydrogen-bond donors (Lipinski definition) is 1. The normalized spacial score (nSPS) is 18.6. The number of rotatable bonds is 7. The Morgan fingerprint density at radius 3 is 2.40 bits per heavy atom. The zero-order valence-corrected chi connectivity index (χ0v) is 24.0. The van der Waals surface area contributed by atoms with Crippen LogP contribution in [0.2, 0.25) is 0 Å². The number of piperazine rings is 1. The molecule has 5 rings (SSSR count). The van der Waals surface area contributed by atoms with E-state index in [-0.39, 0.29) is 29.1 Å². The molecule has 2 fully saturated rings. The first-order valence-corrected chi connectivity index (χ1v) is 14.2. The SMILES string of the molecule is C=CC(=O)N1CCN(C2(c3ccc([C@H](C)Nc4ncc5c(C)cc(=O)n(C(C)C)c5n4)cc3)CCOCC2)CC1. The first-order chi connectivity index (χ1) is 19.2. The fraction of sp³-hybridized carbons (Fsp3) is 0.484. The molecule has 4 heterocycles. The summed E-state index contributed by atoms with van der Waals surface area (Å²) in [5.74, 6) is 0.501. The fourth-order valence-corrected chi connectivity index (χ4v) is 6.18. The average molecular weight is 545 g/mol. The van der Waals surface area contributed by atoms with Crippen molar-refractivity contribution in [3.63, 3.8) is 0 Å². The summed E-state index contributed by atoms with van der Waals surface area (Å²) in [5, 5.41) is 4.32. The number of fused-ring (bicyclic) bond motifs is 1. The molecule has 0 spiro atoms. The number of aromatic nitrogens is 3. The van der Waals surface area contributed by atoms with Crippen LogP contribution < -0.4 is 10.9 Å². The van der Waals surface area contributed by atoms with Gasteiger partial charge in [-0.15, -0.1) is 0 Å². The highest BCUT2D eigenvalue weighted by Crippen LogP contribution is 2.39. The lowest BCUT2D eigenvalue weighted by atomic mass is 9.80. The zero-order chi connectivity index (χ0) is 28.4. The van der Waals surface area contributed by atoms with Gasteiger partial charge in [0.2, 0.25) is 11.9 Å². The highest BCUT2D eigenvalue weighted by Gasteiger charge is 2.41. The number of amides is 1. The van der Waals surface area contributed by atoms with Gasteiger partial charge in [0.05, 0.1) is 11.6 Å². The van der Waals surface area contributed by atoms with E-state index in [1.165, 1.54) is 11.6 Å². The second-order valence-electron chi connectivity index (χ2n) is 11.2. The molecule has 9 heteroatoms. The summed E-state index contributed by atoms with van der Waals surface area (Å²) in [6.45, 7) is 16.2. The molecule has 0 aliphatic carbocycles. The third-order valence-electron chi connectivity index (χ3n) is 8.50. The lowest BCUT2D eigenvalue weighted by Gasteiger charge is -2.50. The molecule has 0 saturated carbocycles. The molecule has 9 nitrogen and oxygen atoms in total. The Balaban J connectivity index is 1.36. The monoisotopic (exact) mass is 544 g/mol. The van der Waals surface area contributed by atoms with Gasteiger partial charge in [-0.3, -0.25) is 19.1 Å². The van der Waals surface area contributed by atoms with Gasteiger partial charge in [-0.2, -0.15) is 4.98 Å². The summed E-state index contributed by atoms with van der Waals surface area (Å²) in [7, 11) is 0. The Bertz CT molecular complexity index is 1430. The molecule has 3 aromatic rings. The van der Waals surface area contributed by atoms with Crippen LogP contribution in [0.5, 0.6) is 0 Å². The van der Waals surface area contributed by atoms with Gasteiger partial charge < -0.3 is 15.0 Å². The summed E-state index contributed by atoms with van der Waals surface area (Å²) in [6.07, 6.45) is 5.06. The number of aryl methyl sites for hydroxylation is 1. The van der Waals surface area contributed by atoms with E-state index >= 15 is 0 Å². The number of carbonyl (C=O) groups excluding carboxylic acids is 1. The van der Waals surface area contributed by atoms with Gasteiger partial charge in [-0.25, -0.2) is 4.98 Å². The van der Waals surface area contributed by atoms with E-state index in [1.807, 2.05) is 25.7 Å². The van der Waals surface area contributed by atoms with Crippen molar-refractivity contribution in [1.82, 2.24) is 24.3 Å². The van der Waals surface area contributed by atoms with Crippen LogP contribution in [0.1, 0.15) is 62.4 Å². The van der Waals surface area contributed by atoms with Gasteiger partial charge in [0, 0.05) is 63.1 Å². The smallest absolute Gasteiger partial charge is 0.252 e.